The summed E-state index contributed by atoms with van der Waals surface area (Å²) in [6.07, 6.45) is 0.376. The Morgan fingerprint density at radius 2 is 1.94 bits per heavy atom. The molecule has 0 spiro atoms. The lowest BCUT2D eigenvalue weighted by molar-refractivity contribution is -0.122. The molecule has 94 valence electrons. The number of hydrogen-bond donors (Lipinski definition) is 2. The topological polar surface area (TPSA) is 38.3 Å². The van der Waals surface area contributed by atoms with Crippen molar-refractivity contribution >= 4 is 18.5 Å². The molecule has 1 aromatic rings. The number of benzene rings is 1. The fourth-order valence-corrected chi connectivity index (χ4v) is 1.77. The standard InChI is InChI=1S/C13H19NO2S/c1-13(2,9-16-3)14-12(15)8-10-4-6-11(17)7-5-10/h4-7,17H,8-9H2,1-3H3,(H,14,15). The quantitative estimate of drug-likeness (QED) is 0.788. The van der Waals surface area contributed by atoms with Crippen molar-refractivity contribution in [3.05, 3.63) is 29.8 Å². The zero-order valence-electron chi connectivity index (χ0n) is 10.5. The Balaban J connectivity index is 2.52. The first-order valence-electron chi connectivity index (χ1n) is 5.51. The molecule has 0 saturated carbocycles. The maximum absolute atomic E-state index is 11.8. The normalized spacial score (nSPS) is 11.3. The molecule has 0 unspecified atom stereocenters. The summed E-state index contributed by atoms with van der Waals surface area (Å²) in [5, 5.41) is 2.94. The first-order valence-corrected chi connectivity index (χ1v) is 5.95. The second-order valence-electron chi connectivity index (χ2n) is 4.71. The second kappa shape index (κ2) is 6.07. The summed E-state index contributed by atoms with van der Waals surface area (Å²) < 4.78 is 5.05. The Bertz CT molecular complexity index is 374. The number of methoxy groups -OCH3 is 1. The SMILES string of the molecule is COCC(C)(C)NC(=O)Cc1ccc(S)cc1. The smallest absolute Gasteiger partial charge is 0.224 e. The number of ether oxygens (including phenoxy) is 1. The first-order chi connectivity index (χ1) is 7.93. The molecule has 1 rings (SSSR count). The van der Waals surface area contributed by atoms with E-state index < -0.39 is 0 Å². The Morgan fingerprint density at radius 3 is 2.47 bits per heavy atom. The molecule has 17 heavy (non-hydrogen) atoms. The summed E-state index contributed by atoms with van der Waals surface area (Å²) in [5.41, 5.74) is 0.642. The minimum atomic E-state index is -0.338. The molecule has 0 aromatic heterocycles. The van der Waals surface area contributed by atoms with Gasteiger partial charge in [-0.05, 0) is 31.5 Å². The lowest BCUT2D eigenvalue weighted by Crippen LogP contribution is -2.47. The van der Waals surface area contributed by atoms with Gasteiger partial charge in [-0.3, -0.25) is 4.79 Å². The second-order valence-corrected chi connectivity index (χ2v) is 5.22. The minimum Gasteiger partial charge on any atom is -0.382 e. The Kier molecular flexibility index (Phi) is 5.02. The third-order valence-electron chi connectivity index (χ3n) is 2.28. The number of hydrogen-bond acceptors (Lipinski definition) is 3. The first kappa shape index (κ1) is 14.1. The van der Waals surface area contributed by atoms with Gasteiger partial charge in [0.2, 0.25) is 5.91 Å². The highest BCUT2D eigenvalue weighted by atomic mass is 32.1. The van der Waals surface area contributed by atoms with Crippen molar-refractivity contribution < 1.29 is 9.53 Å². The molecule has 0 heterocycles. The summed E-state index contributed by atoms with van der Waals surface area (Å²) in [7, 11) is 1.62. The van der Waals surface area contributed by atoms with Gasteiger partial charge in [0.05, 0.1) is 18.6 Å². The van der Waals surface area contributed by atoms with Gasteiger partial charge in [-0.25, -0.2) is 0 Å². The van der Waals surface area contributed by atoms with Crippen LogP contribution in [0.3, 0.4) is 0 Å². The predicted molar refractivity (Wildman–Crippen MR) is 71.5 cm³/mol. The molecule has 4 heteroatoms. The van der Waals surface area contributed by atoms with Crippen molar-refractivity contribution in [1.29, 1.82) is 0 Å². The van der Waals surface area contributed by atoms with Crippen LogP contribution in [0.25, 0.3) is 0 Å². The summed E-state index contributed by atoms with van der Waals surface area (Å²) in [4.78, 5) is 12.7. The third kappa shape index (κ3) is 5.24. The van der Waals surface area contributed by atoms with Crippen LogP contribution in [0.15, 0.2) is 29.2 Å². The third-order valence-corrected chi connectivity index (χ3v) is 2.58. The van der Waals surface area contributed by atoms with Gasteiger partial charge >= 0.3 is 0 Å². The number of amides is 1. The Hall–Kier alpha value is -1.00. The summed E-state index contributed by atoms with van der Waals surface area (Å²) >= 11 is 4.20. The fourth-order valence-electron chi connectivity index (χ4n) is 1.62. The maximum atomic E-state index is 11.8. The van der Waals surface area contributed by atoms with Crippen molar-refractivity contribution in [2.75, 3.05) is 13.7 Å². The number of carbonyl (C=O) groups is 1. The fraction of sp³-hybridized carbons (Fsp3) is 0.462. The molecular formula is C13H19NO2S. The van der Waals surface area contributed by atoms with Crippen LogP contribution in [-0.4, -0.2) is 25.2 Å². The number of carbonyl (C=O) groups excluding carboxylic acids is 1. The van der Waals surface area contributed by atoms with Gasteiger partial charge in [0.15, 0.2) is 0 Å². The van der Waals surface area contributed by atoms with Crippen LogP contribution in [0.2, 0.25) is 0 Å². The maximum Gasteiger partial charge on any atom is 0.224 e. The van der Waals surface area contributed by atoms with Crippen LogP contribution in [0, 0.1) is 0 Å². The monoisotopic (exact) mass is 253 g/mol. The zero-order chi connectivity index (χ0) is 12.9. The Morgan fingerprint density at radius 1 is 1.35 bits per heavy atom. The highest BCUT2D eigenvalue weighted by molar-refractivity contribution is 7.80. The van der Waals surface area contributed by atoms with Crippen molar-refractivity contribution in [3.63, 3.8) is 0 Å². The molecule has 3 nitrogen and oxygen atoms in total. The van der Waals surface area contributed by atoms with Crippen LogP contribution in [0.4, 0.5) is 0 Å². The van der Waals surface area contributed by atoms with Crippen LogP contribution in [0.5, 0.6) is 0 Å². The van der Waals surface area contributed by atoms with Crippen LogP contribution < -0.4 is 5.32 Å². The van der Waals surface area contributed by atoms with Gasteiger partial charge in [0.25, 0.3) is 0 Å². The largest absolute Gasteiger partial charge is 0.382 e. The molecule has 0 radical (unpaired) electrons. The molecule has 1 N–H and O–H groups in total. The van der Waals surface area contributed by atoms with Gasteiger partial charge in [-0.2, -0.15) is 0 Å². The summed E-state index contributed by atoms with van der Waals surface area (Å²) in [5.74, 6) is -0.000959. The van der Waals surface area contributed by atoms with Crippen molar-refractivity contribution in [2.45, 2.75) is 30.7 Å². The van der Waals surface area contributed by atoms with E-state index in [0.29, 0.717) is 13.0 Å². The van der Waals surface area contributed by atoms with E-state index in [1.165, 1.54) is 0 Å². The van der Waals surface area contributed by atoms with E-state index in [4.69, 9.17) is 4.74 Å². The number of rotatable bonds is 5. The van der Waals surface area contributed by atoms with E-state index in [1.807, 2.05) is 38.1 Å². The van der Waals surface area contributed by atoms with Gasteiger partial charge in [0.1, 0.15) is 0 Å². The van der Waals surface area contributed by atoms with E-state index in [1.54, 1.807) is 7.11 Å². The van der Waals surface area contributed by atoms with Crippen LogP contribution >= 0.6 is 12.6 Å². The lowest BCUT2D eigenvalue weighted by atomic mass is 10.1. The summed E-state index contributed by atoms with van der Waals surface area (Å²) in [6, 6.07) is 7.58. The van der Waals surface area contributed by atoms with E-state index >= 15 is 0 Å². The molecule has 0 saturated heterocycles. The van der Waals surface area contributed by atoms with Crippen LogP contribution in [0.1, 0.15) is 19.4 Å². The molecule has 0 aliphatic heterocycles. The highest BCUT2D eigenvalue weighted by Crippen LogP contribution is 2.09. The lowest BCUT2D eigenvalue weighted by Gasteiger charge is -2.25. The molecule has 0 fully saturated rings. The molecule has 0 bridgehead atoms. The van der Waals surface area contributed by atoms with Gasteiger partial charge in [-0.15, -0.1) is 12.6 Å². The molecule has 1 amide bonds. The molecule has 0 atom stereocenters. The predicted octanol–water partition coefficient (Wildman–Crippen LogP) is 2.06. The highest BCUT2D eigenvalue weighted by Gasteiger charge is 2.19. The van der Waals surface area contributed by atoms with Crippen molar-refractivity contribution in [1.82, 2.24) is 5.32 Å². The molecule has 0 aliphatic rings. The van der Waals surface area contributed by atoms with Crippen LogP contribution in [-0.2, 0) is 16.0 Å². The van der Waals surface area contributed by atoms with E-state index in [2.05, 4.69) is 17.9 Å². The zero-order valence-corrected chi connectivity index (χ0v) is 11.4. The van der Waals surface area contributed by atoms with Gasteiger partial charge in [0, 0.05) is 12.0 Å². The van der Waals surface area contributed by atoms with E-state index in [0.717, 1.165) is 10.5 Å². The minimum absolute atomic E-state index is 0.000959. The molecular weight excluding hydrogens is 234 g/mol. The van der Waals surface area contributed by atoms with Crippen molar-refractivity contribution in [3.8, 4) is 0 Å². The average Bonchev–Trinajstić information content (AvgIpc) is 2.20. The van der Waals surface area contributed by atoms with Gasteiger partial charge in [-0.1, -0.05) is 12.1 Å². The molecule has 1 aromatic carbocycles. The average molecular weight is 253 g/mol. The van der Waals surface area contributed by atoms with E-state index in [-0.39, 0.29) is 11.4 Å². The summed E-state index contributed by atoms with van der Waals surface area (Å²) in [6.45, 7) is 4.37. The van der Waals surface area contributed by atoms with Crippen molar-refractivity contribution in [2.24, 2.45) is 0 Å². The number of thiol groups is 1. The molecule has 0 aliphatic carbocycles. The van der Waals surface area contributed by atoms with Gasteiger partial charge < -0.3 is 10.1 Å². The van der Waals surface area contributed by atoms with E-state index in [9.17, 15) is 4.79 Å². The Labute approximate surface area is 108 Å². The number of nitrogens with one attached hydrogen (secondary N) is 1.